The first-order chi connectivity index (χ1) is 9.63. The maximum Gasteiger partial charge on any atom is 0.309 e. The van der Waals surface area contributed by atoms with Crippen LogP contribution in [0, 0.1) is 0 Å². The molecule has 3 aromatic rings. The lowest BCUT2D eigenvalue weighted by atomic mass is 10.3. The summed E-state index contributed by atoms with van der Waals surface area (Å²) in [6.07, 6.45) is 3.42. The molecular weight excluding hydrogens is 296 g/mol. The molecule has 0 radical (unpaired) electrons. The highest BCUT2D eigenvalue weighted by Gasteiger charge is 2.12. The van der Waals surface area contributed by atoms with Crippen molar-refractivity contribution in [2.24, 2.45) is 7.05 Å². The van der Waals surface area contributed by atoms with Crippen molar-refractivity contribution >= 4 is 40.1 Å². The third-order valence-electron chi connectivity index (χ3n) is 2.66. The van der Waals surface area contributed by atoms with Crippen molar-refractivity contribution in [2.45, 2.75) is 15.8 Å². The van der Waals surface area contributed by atoms with Gasteiger partial charge < -0.3 is 9.67 Å². The van der Waals surface area contributed by atoms with Crippen LogP contribution < -0.4 is 0 Å². The van der Waals surface area contributed by atoms with Gasteiger partial charge in [0.25, 0.3) is 0 Å². The van der Waals surface area contributed by atoms with E-state index in [0.717, 1.165) is 20.4 Å². The van der Waals surface area contributed by atoms with Gasteiger partial charge in [0.15, 0.2) is 4.34 Å². The summed E-state index contributed by atoms with van der Waals surface area (Å²) in [5, 5.41) is 11.3. The van der Waals surface area contributed by atoms with Crippen LogP contribution in [0.1, 0.15) is 5.69 Å². The molecule has 3 aromatic heterocycles. The van der Waals surface area contributed by atoms with Crippen LogP contribution in [0.25, 0.3) is 11.0 Å². The Morgan fingerprint density at radius 1 is 1.50 bits per heavy atom. The molecule has 0 fully saturated rings. The molecule has 0 aliphatic rings. The van der Waals surface area contributed by atoms with Gasteiger partial charge in [-0.3, -0.25) is 4.79 Å². The van der Waals surface area contributed by atoms with Gasteiger partial charge in [0, 0.05) is 18.6 Å². The van der Waals surface area contributed by atoms with Gasteiger partial charge in [0.2, 0.25) is 0 Å². The number of aromatic nitrogens is 4. The van der Waals surface area contributed by atoms with Crippen LogP contribution in [-0.2, 0) is 18.3 Å². The summed E-state index contributed by atoms with van der Waals surface area (Å²) in [4.78, 5) is 23.6. The van der Waals surface area contributed by atoms with Gasteiger partial charge in [-0.1, -0.05) is 0 Å². The SMILES string of the molecule is Cn1cnc2c(Sc3nc(CC(=O)O)cs3)nccc21. The number of aliphatic carboxylic acids is 1. The lowest BCUT2D eigenvalue weighted by Gasteiger charge is -1.99. The van der Waals surface area contributed by atoms with Crippen molar-refractivity contribution in [3.63, 3.8) is 0 Å². The van der Waals surface area contributed by atoms with Gasteiger partial charge in [-0.15, -0.1) is 11.3 Å². The molecule has 20 heavy (non-hydrogen) atoms. The second-order valence-electron chi connectivity index (χ2n) is 4.12. The molecule has 102 valence electrons. The minimum atomic E-state index is -0.878. The fraction of sp³-hybridized carbons (Fsp3) is 0.167. The maximum absolute atomic E-state index is 10.6. The number of nitrogens with zero attached hydrogens (tertiary/aromatic N) is 4. The smallest absolute Gasteiger partial charge is 0.309 e. The van der Waals surface area contributed by atoms with E-state index in [9.17, 15) is 4.79 Å². The monoisotopic (exact) mass is 306 g/mol. The molecule has 0 saturated carbocycles. The van der Waals surface area contributed by atoms with E-state index >= 15 is 0 Å². The van der Waals surface area contributed by atoms with Crippen molar-refractivity contribution in [1.29, 1.82) is 0 Å². The third-order valence-corrected chi connectivity index (χ3v) is 4.64. The Kier molecular flexibility index (Phi) is 3.41. The number of hydrogen-bond donors (Lipinski definition) is 1. The van der Waals surface area contributed by atoms with Crippen LogP contribution in [0.3, 0.4) is 0 Å². The summed E-state index contributed by atoms with van der Waals surface area (Å²) in [6.45, 7) is 0. The quantitative estimate of drug-likeness (QED) is 0.796. The number of fused-ring (bicyclic) bond motifs is 1. The number of imidazole rings is 1. The number of aryl methyl sites for hydroxylation is 1. The molecule has 0 atom stereocenters. The predicted molar refractivity (Wildman–Crippen MR) is 76.1 cm³/mol. The fourth-order valence-electron chi connectivity index (χ4n) is 1.77. The zero-order valence-electron chi connectivity index (χ0n) is 10.5. The average Bonchev–Trinajstić information content (AvgIpc) is 2.98. The minimum absolute atomic E-state index is 0.0573. The van der Waals surface area contributed by atoms with Crippen molar-refractivity contribution in [3.05, 3.63) is 29.7 Å². The van der Waals surface area contributed by atoms with Crippen molar-refractivity contribution in [2.75, 3.05) is 0 Å². The molecule has 1 N–H and O–H groups in total. The largest absolute Gasteiger partial charge is 0.481 e. The Balaban J connectivity index is 1.89. The van der Waals surface area contributed by atoms with Gasteiger partial charge in [0.05, 0.1) is 24.0 Å². The van der Waals surface area contributed by atoms with E-state index in [0.29, 0.717) is 5.69 Å². The lowest BCUT2D eigenvalue weighted by Crippen LogP contribution is -1.99. The van der Waals surface area contributed by atoms with Gasteiger partial charge >= 0.3 is 5.97 Å². The molecule has 0 amide bonds. The zero-order chi connectivity index (χ0) is 14.1. The van der Waals surface area contributed by atoms with Crippen LogP contribution in [0.4, 0.5) is 0 Å². The molecule has 6 nitrogen and oxygen atoms in total. The summed E-state index contributed by atoms with van der Waals surface area (Å²) < 4.78 is 2.70. The van der Waals surface area contributed by atoms with Crippen LogP contribution in [-0.4, -0.2) is 30.6 Å². The van der Waals surface area contributed by atoms with E-state index < -0.39 is 5.97 Å². The third kappa shape index (κ3) is 2.52. The average molecular weight is 306 g/mol. The number of pyridine rings is 1. The summed E-state index contributed by atoms with van der Waals surface area (Å²) >= 11 is 2.82. The van der Waals surface area contributed by atoms with Crippen molar-refractivity contribution < 1.29 is 9.90 Å². The number of thiazole rings is 1. The van der Waals surface area contributed by atoms with Crippen LogP contribution in [0.15, 0.2) is 33.3 Å². The Morgan fingerprint density at radius 3 is 3.15 bits per heavy atom. The van der Waals surface area contributed by atoms with E-state index in [1.54, 1.807) is 17.9 Å². The summed E-state index contributed by atoms with van der Waals surface area (Å²) in [6, 6.07) is 1.91. The minimum Gasteiger partial charge on any atom is -0.481 e. The van der Waals surface area contributed by atoms with Crippen molar-refractivity contribution in [3.8, 4) is 0 Å². The summed E-state index contributed by atoms with van der Waals surface area (Å²) in [5.74, 6) is -0.878. The van der Waals surface area contributed by atoms with Crippen molar-refractivity contribution in [1.82, 2.24) is 19.5 Å². The fourth-order valence-corrected chi connectivity index (χ4v) is 3.58. The molecule has 0 aliphatic heterocycles. The summed E-state index contributed by atoms with van der Waals surface area (Å²) in [7, 11) is 1.93. The van der Waals surface area contributed by atoms with Gasteiger partial charge in [-0.05, 0) is 17.8 Å². The lowest BCUT2D eigenvalue weighted by molar-refractivity contribution is -0.136. The van der Waals surface area contributed by atoms with E-state index in [-0.39, 0.29) is 6.42 Å². The summed E-state index contributed by atoms with van der Waals surface area (Å²) in [5.41, 5.74) is 2.40. The van der Waals surface area contributed by atoms with E-state index in [1.165, 1.54) is 23.1 Å². The predicted octanol–water partition coefficient (Wildman–Crippen LogP) is 2.20. The topological polar surface area (TPSA) is 80.9 Å². The van der Waals surface area contributed by atoms with Gasteiger partial charge in [0.1, 0.15) is 10.5 Å². The number of hydrogen-bond acceptors (Lipinski definition) is 6. The van der Waals surface area contributed by atoms with E-state index in [1.807, 2.05) is 17.7 Å². The molecule has 3 rings (SSSR count). The highest BCUT2D eigenvalue weighted by molar-refractivity contribution is 8.01. The molecule has 8 heteroatoms. The Labute approximate surface area is 122 Å². The molecule has 3 heterocycles. The van der Waals surface area contributed by atoms with Crippen LogP contribution >= 0.6 is 23.1 Å². The molecule has 0 unspecified atom stereocenters. The van der Waals surface area contributed by atoms with Gasteiger partial charge in [-0.25, -0.2) is 15.0 Å². The number of carboxylic acid groups (broad SMARTS) is 1. The first-order valence-electron chi connectivity index (χ1n) is 5.73. The molecule has 0 saturated heterocycles. The Bertz CT molecular complexity index is 781. The standard InChI is InChI=1S/C12H10N4O2S2/c1-16-6-14-10-8(16)2-3-13-11(10)20-12-15-7(5-19-12)4-9(17)18/h2-3,5-6H,4H2,1H3,(H,17,18). The Morgan fingerprint density at radius 2 is 2.35 bits per heavy atom. The van der Waals surface area contributed by atoms with Crippen LogP contribution in [0.2, 0.25) is 0 Å². The highest BCUT2D eigenvalue weighted by Crippen LogP contribution is 2.32. The molecular formula is C12H10N4O2S2. The molecule has 0 spiro atoms. The van der Waals surface area contributed by atoms with Crippen LogP contribution in [0.5, 0.6) is 0 Å². The molecule has 0 bridgehead atoms. The van der Waals surface area contributed by atoms with Gasteiger partial charge in [-0.2, -0.15) is 0 Å². The van der Waals surface area contributed by atoms with E-state index in [2.05, 4.69) is 15.0 Å². The first kappa shape index (κ1) is 13.1. The molecule has 0 aliphatic carbocycles. The molecule has 0 aromatic carbocycles. The number of carboxylic acids is 1. The maximum atomic E-state index is 10.6. The second kappa shape index (κ2) is 5.22. The Hall–Kier alpha value is -1.93. The highest BCUT2D eigenvalue weighted by atomic mass is 32.2. The number of carbonyl (C=O) groups is 1. The van der Waals surface area contributed by atoms with E-state index in [4.69, 9.17) is 5.11 Å². The normalized spacial score (nSPS) is 11.1. The first-order valence-corrected chi connectivity index (χ1v) is 7.43. The zero-order valence-corrected chi connectivity index (χ0v) is 12.1. The second-order valence-corrected chi connectivity index (χ2v) is 6.21. The number of rotatable bonds is 4.